The molecule has 0 unspecified atom stereocenters. The monoisotopic (exact) mass is 338 g/mol. The maximum absolute atomic E-state index is 12.5. The number of alkyl halides is 3. The van der Waals surface area contributed by atoms with Gasteiger partial charge in [0.15, 0.2) is 5.69 Å². The van der Waals surface area contributed by atoms with Crippen LogP contribution in [0.2, 0.25) is 0 Å². The van der Waals surface area contributed by atoms with Crippen LogP contribution in [0.25, 0.3) is 0 Å². The zero-order chi connectivity index (χ0) is 17.7. The van der Waals surface area contributed by atoms with E-state index in [4.69, 9.17) is 0 Å². The van der Waals surface area contributed by atoms with E-state index in [2.05, 4.69) is 15.0 Å². The molecule has 0 aliphatic heterocycles. The van der Waals surface area contributed by atoms with Crippen molar-refractivity contribution in [1.29, 1.82) is 0 Å². The fraction of sp³-hybridized carbons (Fsp3) is 0.188. The van der Waals surface area contributed by atoms with Crippen molar-refractivity contribution in [2.45, 2.75) is 12.6 Å². The number of pyridine rings is 1. The summed E-state index contributed by atoms with van der Waals surface area (Å²) >= 11 is 0. The maximum Gasteiger partial charge on any atom is 0.416 e. The Labute approximate surface area is 135 Å². The minimum absolute atomic E-state index is 0.0548. The summed E-state index contributed by atoms with van der Waals surface area (Å²) in [5, 5.41) is 2.49. The lowest BCUT2D eigenvalue weighted by Gasteiger charge is -2.10. The Morgan fingerprint density at radius 2 is 1.83 bits per heavy atom. The molecule has 1 amide bonds. The van der Waals surface area contributed by atoms with Gasteiger partial charge in [-0.15, -0.1) is 0 Å². The smallest absolute Gasteiger partial charge is 0.416 e. The van der Waals surface area contributed by atoms with E-state index < -0.39 is 23.6 Å². The first-order valence-corrected chi connectivity index (χ1v) is 6.80. The van der Waals surface area contributed by atoms with Crippen LogP contribution in [0.1, 0.15) is 21.6 Å². The number of nitrogens with one attached hydrogen (secondary N) is 1. The van der Waals surface area contributed by atoms with E-state index in [0.717, 1.165) is 12.1 Å². The second kappa shape index (κ2) is 7.12. The molecule has 0 bridgehead atoms. The average Bonchev–Trinajstić information content (AvgIpc) is 2.54. The molecule has 8 heteroatoms. The van der Waals surface area contributed by atoms with Gasteiger partial charge in [0.25, 0.3) is 0 Å². The van der Waals surface area contributed by atoms with Crippen LogP contribution >= 0.6 is 0 Å². The Balaban J connectivity index is 2.08. The van der Waals surface area contributed by atoms with Crippen molar-refractivity contribution in [3.63, 3.8) is 0 Å². The first kappa shape index (κ1) is 17.5. The summed E-state index contributed by atoms with van der Waals surface area (Å²) in [6.45, 7) is 0. The number of carbonyl (C=O) groups is 2. The fourth-order valence-corrected chi connectivity index (χ4v) is 1.96. The van der Waals surface area contributed by atoms with Gasteiger partial charge in [-0.1, -0.05) is 12.1 Å². The summed E-state index contributed by atoms with van der Waals surface area (Å²) in [5.74, 6) is -1.20. The van der Waals surface area contributed by atoms with Crippen LogP contribution in [0, 0.1) is 0 Å². The van der Waals surface area contributed by atoms with Crippen molar-refractivity contribution in [2.75, 3.05) is 12.4 Å². The van der Waals surface area contributed by atoms with Gasteiger partial charge in [0, 0.05) is 6.20 Å². The number of ether oxygens (including phenoxy) is 1. The van der Waals surface area contributed by atoms with Gasteiger partial charge in [-0.25, -0.2) is 9.78 Å². The molecule has 2 rings (SSSR count). The highest BCUT2D eigenvalue weighted by Crippen LogP contribution is 2.29. The second-order valence-electron chi connectivity index (χ2n) is 4.81. The number of benzene rings is 1. The van der Waals surface area contributed by atoms with Gasteiger partial charge in [-0.3, -0.25) is 4.79 Å². The quantitative estimate of drug-likeness (QED) is 0.870. The van der Waals surface area contributed by atoms with Crippen LogP contribution in [-0.2, 0) is 22.1 Å². The molecule has 2 aromatic rings. The SMILES string of the molecule is COC(=O)c1ncccc1NC(=O)Cc1ccc(C(F)(F)F)cc1. The molecule has 126 valence electrons. The van der Waals surface area contributed by atoms with Crippen molar-refractivity contribution in [3.8, 4) is 0 Å². The molecule has 1 N–H and O–H groups in total. The predicted octanol–water partition coefficient (Wildman–Crippen LogP) is 3.07. The average molecular weight is 338 g/mol. The number of rotatable bonds is 4. The Morgan fingerprint density at radius 1 is 1.17 bits per heavy atom. The third kappa shape index (κ3) is 4.31. The lowest BCUT2D eigenvalue weighted by Crippen LogP contribution is -2.18. The van der Waals surface area contributed by atoms with Gasteiger partial charge in [0.1, 0.15) is 0 Å². The molecule has 1 aromatic carbocycles. The molecule has 0 saturated carbocycles. The summed E-state index contributed by atoms with van der Waals surface area (Å²) < 4.78 is 42.0. The normalized spacial score (nSPS) is 11.0. The number of esters is 1. The number of hydrogen-bond acceptors (Lipinski definition) is 4. The van der Waals surface area contributed by atoms with Gasteiger partial charge in [0.2, 0.25) is 5.91 Å². The summed E-state index contributed by atoms with van der Waals surface area (Å²) in [7, 11) is 1.19. The van der Waals surface area contributed by atoms with Crippen LogP contribution in [0.15, 0.2) is 42.6 Å². The van der Waals surface area contributed by atoms with Gasteiger partial charge in [0.05, 0.1) is 24.8 Å². The zero-order valence-electron chi connectivity index (χ0n) is 12.6. The molecule has 0 saturated heterocycles. The van der Waals surface area contributed by atoms with Crippen LogP contribution in [0.4, 0.5) is 18.9 Å². The van der Waals surface area contributed by atoms with Crippen LogP contribution in [0.5, 0.6) is 0 Å². The number of carbonyl (C=O) groups excluding carboxylic acids is 2. The van der Waals surface area contributed by atoms with Crippen molar-refractivity contribution in [1.82, 2.24) is 4.98 Å². The Morgan fingerprint density at radius 3 is 2.42 bits per heavy atom. The van der Waals surface area contributed by atoms with Gasteiger partial charge in [-0.05, 0) is 29.8 Å². The molecule has 24 heavy (non-hydrogen) atoms. The molecule has 0 aliphatic carbocycles. The fourth-order valence-electron chi connectivity index (χ4n) is 1.96. The van der Waals surface area contributed by atoms with Gasteiger partial charge < -0.3 is 10.1 Å². The van der Waals surface area contributed by atoms with E-state index in [1.807, 2.05) is 0 Å². The number of aromatic nitrogens is 1. The lowest BCUT2D eigenvalue weighted by molar-refractivity contribution is -0.137. The summed E-state index contributed by atoms with van der Waals surface area (Å²) in [5.41, 5.74) is -0.266. The number of amides is 1. The molecular weight excluding hydrogens is 325 g/mol. The van der Waals surface area contributed by atoms with Crippen LogP contribution in [-0.4, -0.2) is 24.0 Å². The molecule has 0 radical (unpaired) electrons. The molecule has 1 heterocycles. The van der Waals surface area contributed by atoms with Crippen molar-refractivity contribution in [2.24, 2.45) is 0 Å². The summed E-state index contributed by atoms with van der Waals surface area (Å²) in [6.07, 6.45) is -3.20. The topological polar surface area (TPSA) is 68.3 Å². The summed E-state index contributed by atoms with van der Waals surface area (Å²) in [4.78, 5) is 27.4. The first-order chi connectivity index (χ1) is 11.3. The number of hydrogen-bond donors (Lipinski definition) is 1. The largest absolute Gasteiger partial charge is 0.464 e. The number of nitrogens with zero attached hydrogens (tertiary/aromatic N) is 1. The molecule has 0 fully saturated rings. The van der Waals surface area contributed by atoms with E-state index in [1.54, 1.807) is 0 Å². The van der Waals surface area contributed by atoms with E-state index in [0.29, 0.717) is 5.56 Å². The molecule has 0 spiro atoms. The minimum Gasteiger partial charge on any atom is -0.464 e. The highest BCUT2D eigenvalue weighted by atomic mass is 19.4. The minimum atomic E-state index is -4.42. The molecular formula is C16H13F3N2O3. The lowest BCUT2D eigenvalue weighted by atomic mass is 10.1. The van der Waals surface area contributed by atoms with E-state index in [1.165, 1.54) is 37.6 Å². The molecule has 0 aliphatic rings. The van der Waals surface area contributed by atoms with Crippen LogP contribution in [0.3, 0.4) is 0 Å². The molecule has 1 aromatic heterocycles. The maximum atomic E-state index is 12.5. The molecule has 5 nitrogen and oxygen atoms in total. The highest BCUT2D eigenvalue weighted by Gasteiger charge is 2.30. The van der Waals surface area contributed by atoms with E-state index >= 15 is 0 Å². The Bertz CT molecular complexity index is 743. The van der Waals surface area contributed by atoms with Crippen LogP contribution < -0.4 is 5.32 Å². The van der Waals surface area contributed by atoms with Gasteiger partial charge in [-0.2, -0.15) is 13.2 Å². The Kier molecular flexibility index (Phi) is 5.18. The Hall–Kier alpha value is -2.90. The van der Waals surface area contributed by atoms with Crippen molar-refractivity contribution >= 4 is 17.6 Å². The standard InChI is InChI=1S/C16H13F3N2O3/c1-24-15(23)14-12(3-2-8-20-14)21-13(22)9-10-4-6-11(7-5-10)16(17,18)19/h2-8H,9H2,1H3,(H,21,22). The predicted molar refractivity (Wildman–Crippen MR) is 79.4 cm³/mol. The second-order valence-corrected chi connectivity index (χ2v) is 4.81. The third-order valence-electron chi connectivity index (χ3n) is 3.11. The number of methoxy groups -OCH3 is 1. The zero-order valence-corrected chi connectivity index (χ0v) is 12.6. The first-order valence-electron chi connectivity index (χ1n) is 6.80. The highest BCUT2D eigenvalue weighted by molar-refractivity contribution is 6.00. The van der Waals surface area contributed by atoms with Crippen molar-refractivity contribution < 1.29 is 27.5 Å². The van der Waals surface area contributed by atoms with Crippen molar-refractivity contribution in [3.05, 3.63) is 59.4 Å². The van der Waals surface area contributed by atoms with Gasteiger partial charge >= 0.3 is 12.1 Å². The third-order valence-corrected chi connectivity index (χ3v) is 3.11. The number of halogens is 3. The van der Waals surface area contributed by atoms with E-state index in [9.17, 15) is 22.8 Å². The summed E-state index contributed by atoms with van der Waals surface area (Å²) in [6, 6.07) is 7.28. The molecule has 0 atom stereocenters. The van der Waals surface area contributed by atoms with E-state index in [-0.39, 0.29) is 17.8 Å². The number of anilines is 1.